The summed E-state index contributed by atoms with van der Waals surface area (Å²) in [5.74, 6) is -0.177. The molecular formula is C54H56N8O4. The smallest absolute Gasteiger partial charge is 0.255 e. The minimum absolute atomic E-state index is 0.0886. The summed E-state index contributed by atoms with van der Waals surface area (Å²) in [6.45, 7) is 16.3. The van der Waals surface area contributed by atoms with Crippen LogP contribution in [-0.2, 0) is 22.6 Å². The van der Waals surface area contributed by atoms with Gasteiger partial charge in [-0.2, -0.15) is 0 Å². The van der Waals surface area contributed by atoms with Crippen LogP contribution in [0.5, 0.6) is 0 Å². The standard InChI is InChI=1S/2C27H28N4O2/c2*1-19-5-10-24(22(16-19)17-30-12-14-33-15-13-30)27(32)28-23-8-6-21(7-9-23)25-18-31-11-3-4-20(2)26(31)29-25/h2*3-11,16,18H,12-15,17H2,1-2H3,(H,28,32). The predicted molar refractivity (Wildman–Crippen MR) is 261 cm³/mol. The number of fused-ring (bicyclic) bond motifs is 2. The van der Waals surface area contributed by atoms with Gasteiger partial charge in [-0.15, -0.1) is 0 Å². The lowest BCUT2D eigenvalue weighted by atomic mass is 10.0. The zero-order chi connectivity index (χ0) is 45.6. The number of nitrogens with one attached hydrogen (secondary N) is 2. The van der Waals surface area contributed by atoms with Gasteiger partial charge in [-0.1, -0.05) is 71.8 Å². The first kappa shape index (κ1) is 44.3. The number of rotatable bonds is 10. The summed E-state index contributed by atoms with van der Waals surface area (Å²) in [6, 6.07) is 35.9. The fourth-order valence-electron chi connectivity index (χ4n) is 8.58. The lowest BCUT2D eigenvalue weighted by molar-refractivity contribution is 0.0340. The molecule has 0 saturated carbocycles. The van der Waals surface area contributed by atoms with Crippen molar-refractivity contribution in [1.82, 2.24) is 28.6 Å². The predicted octanol–water partition coefficient (Wildman–Crippen LogP) is 9.41. The first-order valence-electron chi connectivity index (χ1n) is 22.6. The monoisotopic (exact) mass is 880 g/mol. The largest absolute Gasteiger partial charge is 0.379 e. The molecule has 2 fully saturated rings. The molecule has 0 bridgehead atoms. The zero-order valence-electron chi connectivity index (χ0n) is 38.1. The number of aryl methyl sites for hydroxylation is 4. The van der Waals surface area contributed by atoms with Crippen LogP contribution in [0.25, 0.3) is 33.8 Å². The Kier molecular flexibility index (Phi) is 13.4. The van der Waals surface area contributed by atoms with E-state index in [9.17, 15) is 9.59 Å². The number of ether oxygens (including phenoxy) is 2. The molecule has 2 N–H and O–H groups in total. The molecule has 4 aromatic carbocycles. The van der Waals surface area contributed by atoms with Crippen molar-refractivity contribution in [2.24, 2.45) is 0 Å². The quantitative estimate of drug-likeness (QED) is 0.140. The SMILES string of the molecule is Cc1ccc(C(=O)Nc2ccc(-c3cn4cccc(C)c4n3)cc2)c(CN2CCOCC2)c1.Cc1ccc(C(=O)Nc2ccc(-c3cn4cccc(C)c4n3)cc2)c(CN2CCOCC2)c1. The van der Waals surface area contributed by atoms with Gasteiger partial charge >= 0.3 is 0 Å². The van der Waals surface area contributed by atoms with Crippen LogP contribution in [-0.4, -0.2) is 93.0 Å². The summed E-state index contributed by atoms with van der Waals surface area (Å²) >= 11 is 0. The Bertz CT molecular complexity index is 2780. The molecule has 2 aliphatic heterocycles. The van der Waals surface area contributed by atoms with Crippen molar-refractivity contribution in [1.29, 1.82) is 0 Å². The second kappa shape index (κ2) is 20.1. The molecular weight excluding hydrogens is 825 g/mol. The maximum Gasteiger partial charge on any atom is 0.255 e. The topological polar surface area (TPSA) is 118 Å². The van der Waals surface area contributed by atoms with Gasteiger partial charge in [-0.25, -0.2) is 9.97 Å². The van der Waals surface area contributed by atoms with Gasteiger partial charge in [0.05, 0.1) is 37.8 Å². The number of anilines is 2. The van der Waals surface area contributed by atoms with Crippen molar-refractivity contribution in [2.75, 3.05) is 63.2 Å². The minimum atomic E-state index is -0.0886. The van der Waals surface area contributed by atoms with Crippen LogP contribution in [0.1, 0.15) is 54.1 Å². The van der Waals surface area contributed by atoms with Crippen molar-refractivity contribution in [3.05, 3.63) is 178 Å². The van der Waals surface area contributed by atoms with Crippen LogP contribution < -0.4 is 10.6 Å². The number of hydrogen-bond acceptors (Lipinski definition) is 8. The van der Waals surface area contributed by atoms with E-state index in [-0.39, 0.29) is 11.8 Å². The molecule has 2 saturated heterocycles. The number of aromatic nitrogens is 4. The maximum atomic E-state index is 13.1. The van der Waals surface area contributed by atoms with E-state index in [0.717, 1.165) is 144 Å². The van der Waals surface area contributed by atoms with Gasteiger partial charge in [0.2, 0.25) is 0 Å². The van der Waals surface area contributed by atoms with Crippen molar-refractivity contribution in [3.63, 3.8) is 0 Å². The Hall–Kier alpha value is -6.96. The molecule has 12 heteroatoms. The fraction of sp³-hybridized carbons (Fsp3) is 0.259. The number of carbonyl (C=O) groups excluding carboxylic acids is 2. The number of nitrogens with zero attached hydrogens (tertiary/aromatic N) is 6. The van der Waals surface area contributed by atoms with E-state index < -0.39 is 0 Å². The van der Waals surface area contributed by atoms with Crippen LogP contribution >= 0.6 is 0 Å². The van der Waals surface area contributed by atoms with Gasteiger partial charge in [0, 0.05) is 97.7 Å². The summed E-state index contributed by atoms with van der Waals surface area (Å²) < 4.78 is 15.0. The first-order valence-corrected chi connectivity index (χ1v) is 22.6. The van der Waals surface area contributed by atoms with E-state index in [1.165, 1.54) is 0 Å². The highest BCUT2D eigenvalue weighted by Crippen LogP contribution is 2.26. The molecule has 0 unspecified atom stereocenters. The Morgan fingerprint density at radius 2 is 0.924 bits per heavy atom. The van der Waals surface area contributed by atoms with Gasteiger partial charge in [0.1, 0.15) is 11.3 Å². The molecule has 66 heavy (non-hydrogen) atoms. The molecule has 2 aliphatic rings. The molecule has 10 rings (SSSR count). The number of benzene rings is 4. The molecule has 0 spiro atoms. The molecule has 336 valence electrons. The second-order valence-electron chi connectivity index (χ2n) is 17.3. The van der Waals surface area contributed by atoms with Gasteiger partial charge in [-0.3, -0.25) is 19.4 Å². The highest BCUT2D eigenvalue weighted by molar-refractivity contribution is 6.06. The van der Waals surface area contributed by atoms with Crippen LogP contribution in [0.15, 0.2) is 134 Å². The van der Waals surface area contributed by atoms with E-state index in [1.807, 2.05) is 119 Å². The Labute approximate surface area is 385 Å². The number of imidazole rings is 2. The Morgan fingerprint density at radius 1 is 0.530 bits per heavy atom. The summed E-state index contributed by atoms with van der Waals surface area (Å²) in [5, 5.41) is 6.12. The first-order chi connectivity index (χ1) is 32.1. The van der Waals surface area contributed by atoms with Crippen LogP contribution in [0.4, 0.5) is 11.4 Å². The van der Waals surface area contributed by atoms with Crippen molar-refractivity contribution < 1.29 is 19.1 Å². The van der Waals surface area contributed by atoms with E-state index in [1.54, 1.807) is 0 Å². The maximum absolute atomic E-state index is 13.1. The van der Waals surface area contributed by atoms with Gasteiger partial charge in [0.25, 0.3) is 11.8 Å². The molecule has 2 amide bonds. The van der Waals surface area contributed by atoms with E-state index >= 15 is 0 Å². The third kappa shape index (κ3) is 10.4. The number of morpholine rings is 2. The molecule has 12 nitrogen and oxygen atoms in total. The average Bonchev–Trinajstić information content (AvgIpc) is 3.98. The molecule has 6 heterocycles. The van der Waals surface area contributed by atoms with Gasteiger partial charge in [0.15, 0.2) is 0 Å². The van der Waals surface area contributed by atoms with Gasteiger partial charge < -0.3 is 28.9 Å². The van der Waals surface area contributed by atoms with Gasteiger partial charge in [-0.05, 0) is 98.5 Å². The Morgan fingerprint density at radius 3 is 1.30 bits per heavy atom. The summed E-state index contributed by atoms with van der Waals surface area (Å²) in [4.78, 5) is 40.4. The number of pyridine rings is 2. The number of hydrogen-bond donors (Lipinski definition) is 2. The molecule has 0 atom stereocenters. The third-order valence-electron chi connectivity index (χ3n) is 12.2. The number of amides is 2. The molecule has 8 aromatic rings. The van der Waals surface area contributed by atoms with E-state index in [4.69, 9.17) is 19.4 Å². The molecule has 4 aromatic heterocycles. The van der Waals surface area contributed by atoms with E-state index in [2.05, 4.69) is 72.4 Å². The van der Waals surface area contributed by atoms with Crippen LogP contribution in [0.2, 0.25) is 0 Å². The lowest BCUT2D eigenvalue weighted by Crippen LogP contribution is -2.36. The van der Waals surface area contributed by atoms with Crippen molar-refractivity contribution in [3.8, 4) is 22.5 Å². The number of carbonyl (C=O) groups is 2. The molecule has 0 radical (unpaired) electrons. The van der Waals surface area contributed by atoms with Crippen molar-refractivity contribution in [2.45, 2.75) is 40.8 Å². The fourth-order valence-corrected chi connectivity index (χ4v) is 8.58. The summed E-state index contributed by atoms with van der Waals surface area (Å²) in [6.07, 6.45) is 8.06. The van der Waals surface area contributed by atoms with E-state index in [0.29, 0.717) is 11.1 Å². The molecule has 0 aliphatic carbocycles. The normalized spacial score (nSPS) is 14.5. The Balaban J connectivity index is 0.000000166. The van der Waals surface area contributed by atoms with Crippen LogP contribution in [0.3, 0.4) is 0 Å². The highest BCUT2D eigenvalue weighted by atomic mass is 16.5. The average molecular weight is 881 g/mol. The minimum Gasteiger partial charge on any atom is -0.379 e. The second-order valence-corrected chi connectivity index (χ2v) is 17.3. The van der Waals surface area contributed by atoms with Crippen LogP contribution in [0, 0.1) is 27.7 Å². The lowest BCUT2D eigenvalue weighted by Gasteiger charge is -2.27. The highest BCUT2D eigenvalue weighted by Gasteiger charge is 2.19. The summed E-state index contributed by atoms with van der Waals surface area (Å²) in [5.41, 5.74) is 15.4. The summed E-state index contributed by atoms with van der Waals surface area (Å²) in [7, 11) is 0. The zero-order valence-corrected chi connectivity index (χ0v) is 38.1. The third-order valence-corrected chi connectivity index (χ3v) is 12.2. The van der Waals surface area contributed by atoms with Crippen molar-refractivity contribution >= 4 is 34.5 Å².